The molecule has 0 saturated heterocycles. The Morgan fingerprint density at radius 3 is 2.55 bits per heavy atom. The van der Waals surface area contributed by atoms with E-state index in [4.69, 9.17) is 5.73 Å². The molecule has 0 bridgehead atoms. The molecule has 0 spiro atoms. The normalized spacial score (nSPS) is 12.0. The number of primary amides is 1. The first-order valence-electron chi connectivity index (χ1n) is 3.40. The van der Waals surface area contributed by atoms with Crippen LogP contribution in [0.2, 0.25) is 0 Å². The van der Waals surface area contributed by atoms with Gasteiger partial charge in [0.15, 0.2) is 0 Å². The summed E-state index contributed by atoms with van der Waals surface area (Å²) in [6.07, 6.45) is 4.86. The molecule has 62 valence electrons. The molecule has 0 fully saturated rings. The van der Waals surface area contributed by atoms with Crippen molar-refractivity contribution < 1.29 is 9.53 Å². The largest absolute Gasteiger partial charge is 0.445 e. The number of allylic oxidation sites excluding steroid dienone is 2. The molecule has 0 radical (unpaired) electrons. The zero-order valence-electron chi connectivity index (χ0n) is 6.83. The van der Waals surface area contributed by atoms with Crippen molar-refractivity contribution in [2.45, 2.75) is 13.8 Å². The van der Waals surface area contributed by atoms with E-state index in [-0.39, 0.29) is 6.61 Å². The number of amides is 1. The van der Waals surface area contributed by atoms with Gasteiger partial charge in [-0.2, -0.15) is 0 Å². The molecule has 0 aromatic rings. The van der Waals surface area contributed by atoms with Gasteiger partial charge >= 0.3 is 6.09 Å². The number of hydrogen-bond donors (Lipinski definition) is 1. The molecule has 0 aliphatic carbocycles. The first kappa shape index (κ1) is 9.75. The average Bonchev–Trinajstić information content (AvgIpc) is 1.97. The van der Waals surface area contributed by atoms with Gasteiger partial charge in [-0.15, -0.1) is 0 Å². The predicted molar refractivity (Wildman–Crippen MR) is 44.1 cm³/mol. The number of ether oxygens (including phenoxy) is 1. The fraction of sp³-hybridized carbons (Fsp3) is 0.375. The number of carbonyl (C=O) groups excluding carboxylic acids is 1. The van der Waals surface area contributed by atoms with Gasteiger partial charge < -0.3 is 10.5 Å². The molecular formula is C8H13NO2. The van der Waals surface area contributed by atoms with E-state index in [0.717, 1.165) is 5.57 Å². The van der Waals surface area contributed by atoms with Gasteiger partial charge in [-0.25, -0.2) is 4.79 Å². The highest BCUT2D eigenvalue weighted by Gasteiger charge is 1.94. The summed E-state index contributed by atoms with van der Waals surface area (Å²) in [5.74, 6) is 0. The topological polar surface area (TPSA) is 52.3 Å². The summed E-state index contributed by atoms with van der Waals surface area (Å²) >= 11 is 0. The van der Waals surface area contributed by atoms with Crippen LogP contribution in [0.3, 0.4) is 0 Å². The van der Waals surface area contributed by atoms with E-state index in [9.17, 15) is 4.79 Å². The van der Waals surface area contributed by atoms with Crippen molar-refractivity contribution in [2.24, 2.45) is 5.73 Å². The fourth-order valence-electron chi connectivity index (χ4n) is 0.596. The van der Waals surface area contributed by atoms with Crippen molar-refractivity contribution in [1.29, 1.82) is 0 Å². The second-order valence-electron chi connectivity index (χ2n) is 1.97. The number of hydrogen-bond acceptors (Lipinski definition) is 2. The minimum atomic E-state index is -0.742. The van der Waals surface area contributed by atoms with Crippen LogP contribution in [-0.2, 0) is 4.74 Å². The third-order valence-corrected chi connectivity index (χ3v) is 1.13. The van der Waals surface area contributed by atoms with Crippen molar-refractivity contribution in [3.63, 3.8) is 0 Å². The van der Waals surface area contributed by atoms with Gasteiger partial charge in [0.05, 0.1) is 0 Å². The number of nitrogens with two attached hydrogens (primary N) is 1. The summed E-state index contributed by atoms with van der Waals surface area (Å²) in [7, 11) is 0. The zero-order chi connectivity index (χ0) is 8.69. The van der Waals surface area contributed by atoms with E-state index < -0.39 is 6.09 Å². The zero-order valence-corrected chi connectivity index (χ0v) is 6.83. The molecule has 0 atom stereocenters. The minimum absolute atomic E-state index is 0.246. The van der Waals surface area contributed by atoms with E-state index >= 15 is 0 Å². The predicted octanol–water partition coefficient (Wildman–Crippen LogP) is 1.60. The standard InChI is InChI=1S/C8H13NO2/c1-3-5-7(4-2)6-11-8(9)10/h3-5H,6H2,1-2H3,(H2,9,10)/b5-3-,7-4+. The molecule has 3 nitrogen and oxygen atoms in total. The maximum Gasteiger partial charge on any atom is 0.404 e. The third-order valence-electron chi connectivity index (χ3n) is 1.13. The smallest absolute Gasteiger partial charge is 0.404 e. The highest BCUT2D eigenvalue weighted by Crippen LogP contribution is 1.96. The SMILES string of the molecule is C/C=C\C(=C/C)COC(N)=O. The first-order chi connectivity index (χ1) is 5.20. The van der Waals surface area contributed by atoms with Crippen molar-refractivity contribution >= 4 is 6.09 Å². The number of carbonyl (C=O) groups is 1. The summed E-state index contributed by atoms with van der Waals surface area (Å²) < 4.78 is 4.57. The van der Waals surface area contributed by atoms with Gasteiger partial charge in [0.1, 0.15) is 6.61 Å². The fourth-order valence-corrected chi connectivity index (χ4v) is 0.596. The van der Waals surface area contributed by atoms with Gasteiger partial charge in [-0.05, 0) is 19.4 Å². The monoisotopic (exact) mass is 155 g/mol. The van der Waals surface area contributed by atoms with E-state index in [2.05, 4.69) is 4.74 Å². The van der Waals surface area contributed by atoms with Crippen molar-refractivity contribution in [2.75, 3.05) is 6.61 Å². The van der Waals surface area contributed by atoms with Crippen molar-refractivity contribution in [3.05, 3.63) is 23.8 Å². The van der Waals surface area contributed by atoms with Crippen LogP contribution in [0.5, 0.6) is 0 Å². The Balaban J connectivity index is 3.81. The lowest BCUT2D eigenvalue weighted by Gasteiger charge is -2.00. The molecule has 0 aromatic carbocycles. The molecule has 1 amide bonds. The van der Waals surface area contributed by atoms with E-state index in [0.29, 0.717) is 0 Å². The summed E-state index contributed by atoms with van der Waals surface area (Å²) in [4.78, 5) is 10.2. The molecule has 0 aromatic heterocycles. The van der Waals surface area contributed by atoms with Crippen LogP contribution in [-0.4, -0.2) is 12.7 Å². The highest BCUT2D eigenvalue weighted by atomic mass is 16.5. The van der Waals surface area contributed by atoms with Crippen LogP contribution in [0, 0.1) is 0 Å². The lowest BCUT2D eigenvalue weighted by molar-refractivity contribution is 0.167. The summed E-state index contributed by atoms with van der Waals surface area (Å²) in [5, 5.41) is 0. The summed E-state index contributed by atoms with van der Waals surface area (Å²) in [6, 6.07) is 0. The molecule has 0 heterocycles. The van der Waals surface area contributed by atoms with Gasteiger partial charge in [0, 0.05) is 0 Å². The average molecular weight is 155 g/mol. The first-order valence-corrected chi connectivity index (χ1v) is 3.40. The maximum atomic E-state index is 10.2. The Hall–Kier alpha value is -1.25. The Morgan fingerprint density at radius 2 is 2.18 bits per heavy atom. The molecule has 0 unspecified atom stereocenters. The lowest BCUT2D eigenvalue weighted by Crippen LogP contribution is -2.14. The third kappa shape index (κ3) is 5.21. The van der Waals surface area contributed by atoms with Crippen LogP contribution in [0.15, 0.2) is 23.8 Å². The minimum Gasteiger partial charge on any atom is -0.445 e. The Morgan fingerprint density at radius 1 is 1.55 bits per heavy atom. The van der Waals surface area contributed by atoms with Crippen LogP contribution < -0.4 is 5.73 Å². The summed E-state index contributed by atoms with van der Waals surface area (Å²) in [5.41, 5.74) is 5.72. The van der Waals surface area contributed by atoms with E-state index in [1.165, 1.54) is 0 Å². The van der Waals surface area contributed by atoms with Gasteiger partial charge in [-0.1, -0.05) is 18.2 Å². The van der Waals surface area contributed by atoms with Crippen LogP contribution >= 0.6 is 0 Å². The molecule has 0 saturated carbocycles. The second-order valence-corrected chi connectivity index (χ2v) is 1.97. The molecular weight excluding hydrogens is 142 g/mol. The maximum absolute atomic E-state index is 10.2. The second kappa shape index (κ2) is 5.53. The van der Waals surface area contributed by atoms with Crippen LogP contribution in [0.25, 0.3) is 0 Å². The van der Waals surface area contributed by atoms with Crippen LogP contribution in [0.1, 0.15) is 13.8 Å². The van der Waals surface area contributed by atoms with Gasteiger partial charge in [0.25, 0.3) is 0 Å². The van der Waals surface area contributed by atoms with Gasteiger partial charge in [0.2, 0.25) is 0 Å². The quantitative estimate of drug-likeness (QED) is 0.629. The van der Waals surface area contributed by atoms with Crippen molar-refractivity contribution in [3.8, 4) is 0 Å². The number of rotatable bonds is 3. The van der Waals surface area contributed by atoms with Crippen LogP contribution in [0.4, 0.5) is 4.79 Å². The molecule has 2 N–H and O–H groups in total. The van der Waals surface area contributed by atoms with Gasteiger partial charge in [-0.3, -0.25) is 0 Å². The Kier molecular flexibility index (Phi) is 4.90. The molecule has 0 rings (SSSR count). The molecule has 0 aliphatic rings. The summed E-state index contributed by atoms with van der Waals surface area (Å²) in [6.45, 7) is 4.02. The Bertz CT molecular complexity index is 183. The van der Waals surface area contributed by atoms with Crippen molar-refractivity contribution in [1.82, 2.24) is 0 Å². The Labute approximate surface area is 66.5 Å². The van der Waals surface area contributed by atoms with E-state index in [1.54, 1.807) is 0 Å². The molecule has 3 heteroatoms. The molecule has 11 heavy (non-hydrogen) atoms. The van der Waals surface area contributed by atoms with E-state index in [1.807, 2.05) is 32.1 Å². The highest BCUT2D eigenvalue weighted by molar-refractivity contribution is 5.64. The molecule has 0 aliphatic heterocycles. The lowest BCUT2D eigenvalue weighted by atomic mass is 10.2.